The Balaban J connectivity index is 3.18. The average molecular weight is 128 g/mol. The molecule has 1 nitrogen and oxygen atoms in total. The Labute approximate surface area is 59.1 Å². The number of rotatable bonds is 5. The van der Waals surface area contributed by atoms with Crippen LogP contribution >= 0.6 is 0 Å². The van der Waals surface area contributed by atoms with Crippen molar-refractivity contribution in [2.45, 2.75) is 26.7 Å². The van der Waals surface area contributed by atoms with E-state index in [0.717, 1.165) is 13.0 Å². The minimum atomic E-state index is 1.04. The fraction of sp³-hybridized carbons (Fsp3) is 0.875. The zero-order valence-electron chi connectivity index (χ0n) is 6.69. The second-order valence-corrected chi connectivity index (χ2v) is 2.29. The van der Waals surface area contributed by atoms with Gasteiger partial charge in [0, 0.05) is 0 Å². The maximum absolute atomic E-state index is 3.81. The SMILES string of the molecule is [CH2]CCN(CC)CCC. The van der Waals surface area contributed by atoms with Gasteiger partial charge in [0.1, 0.15) is 0 Å². The molecule has 0 bridgehead atoms. The van der Waals surface area contributed by atoms with Crippen LogP contribution in [0.15, 0.2) is 0 Å². The Bertz CT molecular complexity index is 46.5. The van der Waals surface area contributed by atoms with E-state index < -0.39 is 0 Å². The Morgan fingerprint density at radius 1 is 1.22 bits per heavy atom. The number of hydrogen-bond acceptors (Lipinski definition) is 1. The molecular formula is C8H18N. The standard InChI is InChI=1S/C8H18N/c1-4-7-9(6-3)8-5-2/h1,4-8H2,2-3H3. The van der Waals surface area contributed by atoms with Crippen molar-refractivity contribution in [3.8, 4) is 0 Å². The van der Waals surface area contributed by atoms with Crippen LogP contribution in [-0.4, -0.2) is 24.5 Å². The van der Waals surface area contributed by atoms with Crippen molar-refractivity contribution in [1.82, 2.24) is 4.90 Å². The third kappa shape index (κ3) is 4.46. The summed E-state index contributed by atoms with van der Waals surface area (Å²) in [7, 11) is 0. The third-order valence-corrected chi connectivity index (χ3v) is 1.46. The van der Waals surface area contributed by atoms with E-state index in [-0.39, 0.29) is 0 Å². The molecule has 55 valence electrons. The summed E-state index contributed by atoms with van der Waals surface area (Å²) in [5.74, 6) is 0. The van der Waals surface area contributed by atoms with E-state index in [9.17, 15) is 0 Å². The van der Waals surface area contributed by atoms with Crippen LogP contribution < -0.4 is 0 Å². The lowest BCUT2D eigenvalue weighted by Gasteiger charge is -2.17. The van der Waals surface area contributed by atoms with Crippen molar-refractivity contribution in [3.63, 3.8) is 0 Å². The van der Waals surface area contributed by atoms with Crippen LogP contribution in [0, 0.1) is 6.92 Å². The van der Waals surface area contributed by atoms with Crippen molar-refractivity contribution in [2.24, 2.45) is 0 Å². The maximum atomic E-state index is 3.81. The van der Waals surface area contributed by atoms with Gasteiger partial charge in [0.2, 0.25) is 0 Å². The molecule has 0 atom stereocenters. The first-order valence-electron chi connectivity index (χ1n) is 3.86. The van der Waals surface area contributed by atoms with Crippen molar-refractivity contribution in [1.29, 1.82) is 0 Å². The van der Waals surface area contributed by atoms with Gasteiger partial charge < -0.3 is 4.90 Å². The van der Waals surface area contributed by atoms with E-state index in [1.807, 2.05) is 0 Å². The Hall–Kier alpha value is -0.0400. The predicted octanol–water partition coefficient (Wildman–Crippen LogP) is 1.94. The average Bonchev–Trinajstić information content (AvgIpc) is 1.88. The minimum absolute atomic E-state index is 1.04. The van der Waals surface area contributed by atoms with Crippen LogP contribution in [0.1, 0.15) is 26.7 Å². The van der Waals surface area contributed by atoms with Gasteiger partial charge in [-0.3, -0.25) is 0 Å². The van der Waals surface area contributed by atoms with Gasteiger partial charge in [-0.2, -0.15) is 0 Å². The van der Waals surface area contributed by atoms with Gasteiger partial charge in [0.05, 0.1) is 0 Å². The fourth-order valence-corrected chi connectivity index (χ4v) is 0.968. The molecule has 0 amide bonds. The van der Waals surface area contributed by atoms with E-state index in [0.29, 0.717) is 0 Å². The van der Waals surface area contributed by atoms with Crippen molar-refractivity contribution in [2.75, 3.05) is 19.6 Å². The molecule has 0 heterocycles. The summed E-state index contributed by atoms with van der Waals surface area (Å²) in [6.45, 7) is 11.8. The Kier molecular flexibility index (Phi) is 6.06. The summed E-state index contributed by atoms with van der Waals surface area (Å²) < 4.78 is 0. The zero-order valence-corrected chi connectivity index (χ0v) is 6.69. The van der Waals surface area contributed by atoms with Crippen molar-refractivity contribution in [3.05, 3.63) is 6.92 Å². The van der Waals surface area contributed by atoms with E-state index >= 15 is 0 Å². The van der Waals surface area contributed by atoms with Gasteiger partial charge in [-0.25, -0.2) is 0 Å². The zero-order chi connectivity index (χ0) is 7.11. The van der Waals surface area contributed by atoms with Crippen LogP contribution in [-0.2, 0) is 0 Å². The van der Waals surface area contributed by atoms with E-state index in [2.05, 4.69) is 25.7 Å². The highest BCUT2D eigenvalue weighted by Crippen LogP contribution is 1.91. The first kappa shape index (κ1) is 8.96. The molecule has 1 heteroatoms. The molecule has 0 aliphatic rings. The summed E-state index contributed by atoms with van der Waals surface area (Å²) in [6, 6.07) is 0. The van der Waals surface area contributed by atoms with Gasteiger partial charge >= 0.3 is 0 Å². The lowest BCUT2D eigenvalue weighted by molar-refractivity contribution is 0.294. The highest BCUT2D eigenvalue weighted by molar-refractivity contribution is 4.54. The lowest BCUT2D eigenvalue weighted by atomic mass is 10.3. The van der Waals surface area contributed by atoms with Crippen LogP contribution in [0.25, 0.3) is 0 Å². The monoisotopic (exact) mass is 128 g/mol. The molecule has 0 spiro atoms. The van der Waals surface area contributed by atoms with E-state index in [1.54, 1.807) is 0 Å². The Morgan fingerprint density at radius 3 is 2.22 bits per heavy atom. The second kappa shape index (κ2) is 6.09. The molecule has 0 saturated carbocycles. The third-order valence-electron chi connectivity index (χ3n) is 1.46. The number of hydrogen-bond donors (Lipinski definition) is 0. The second-order valence-electron chi connectivity index (χ2n) is 2.29. The molecule has 0 saturated heterocycles. The van der Waals surface area contributed by atoms with Crippen LogP contribution in [0.3, 0.4) is 0 Å². The molecule has 9 heavy (non-hydrogen) atoms. The molecule has 0 aromatic rings. The first-order chi connectivity index (χ1) is 4.35. The largest absolute Gasteiger partial charge is 0.304 e. The van der Waals surface area contributed by atoms with Crippen LogP contribution in [0.4, 0.5) is 0 Å². The molecule has 0 aliphatic carbocycles. The van der Waals surface area contributed by atoms with E-state index in [1.165, 1.54) is 19.5 Å². The molecule has 0 aliphatic heterocycles. The van der Waals surface area contributed by atoms with Crippen molar-refractivity contribution >= 4 is 0 Å². The van der Waals surface area contributed by atoms with Crippen molar-refractivity contribution < 1.29 is 0 Å². The quantitative estimate of drug-likeness (QED) is 0.547. The summed E-state index contributed by atoms with van der Waals surface area (Å²) in [6.07, 6.45) is 2.29. The molecule has 0 fully saturated rings. The van der Waals surface area contributed by atoms with Crippen LogP contribution in [0.5, 0.6) is 0 Å². The normalized spacial score (nSPS) is 10.7. The topological polar surface area (TPSA) is 3.24 Å². The van der Waals surface area contributed by atoms with Gasteiger partial charge in [0.25, 0.3) is 0 Å². The minimum Gasteiger partial charge on any atom is -0.304 e. The molecule has 0 aromatic carbocycles. The fourth-order valence-electron chi connectivity index (χ4n) is 0.968. The number of nitrogens with zero attached hydrogens (tertiary/aromatic N) is 1. The molecule has 1 radical (unpaired) electrons. The smallest absolute Gasteiger partial charge is 0.00189 e. The molecule has 0 unspecified atom stereocenters. The lowest BCUT2D eigenvalue weighted by Crippen LogP contribution is -2.24. The molecule has 0 N–H and O–H groups in total. The van der Waals surface area contributed by atoms with Gasteiger partial charge in [-0.1, -0.05) is 20.8 Å². The highest BCUT2D eigenvalue weighted by Gasteiger charge is 1.95. The van der Waals surface area contributed by atoms with E-state index in [4.69, 9.17) is 0 Å². The van der Waals surface area contributed by atoms with Gasteiger partial charge in [-0.15, -0.1) is 0 Å². The van der Waals surface area contributed by atoms with Gasteiger partial charge in [-0.05, 0) is 32.5 Å². The summed E-state index contributed by atoms with van der Waals surface area (Å²) in [5, 5.41) is 0. The molecule has 0 aromatic heterocycles. The summed E-state index contributed by atoms with van der Waals surface area (Å²) >= 11 is 0. The summed E-state index contributed by atoms with van der Waals surface area (Å²) in [5.41, 5.74) is 0. The summed E-state index contributed by atoms with van der Waals surface area (Å²) in [4.78, 5) is 2.42. The first-order valence-corrected chi connectivity index (χ1v) is 3.86. The van der Waals surface area contributed by atoms with Gasteiger partial charge in [0.15, 0.2) is 0 Å². The maximum Gasteiger partial charge on any atom is -0.00189 e. The molecule has 0 rings (SSSR count). The Morgan fingerprint density at radius 2 is 1.89 bits per heavy atom. The highest BCUT2D eigenvalue weighted by atomic mass is 15.1. The van der Waals surface area contributed by atoms with Crippen LogP contribution in [0.2, 0.25) is 0 Å². The predicted molar refractivity (Wildman–Crippen MR) is 42.4 cm³/mol. The molecular weight excluding hydrogens is 110 g/mol.